The van der Waals surface area contributed by atoms with Crippen molar-refractivity contribution in [2.45, 2.75) is 18.9 Å². The van der Waals surface area contributed by atoms with Gasteiger partial charge in [-0.3, -0.25) is 4.79 Å². The van der Waals surface area contributed by atoms with Crippen molar-refractivity contribution in [2.75, 3.05) is 19.8 Å². The molecule has 1 aliphatic heterocycles. The van der Waals surface area contributed by atoms with Gasteiger partial charge in [-0.2, -0.15) is 5.26 Å². The molecular weight excluding hydrogens is 380 g/mol. The highest BCUT2D eigenvalue weighted by Gasteiger charge is 2.16. The normalized spacial score (nSPS) is 16.4. The Balaban J connectivity index is 1.35. The highest BCUT2D eigenvalue weighted by Crippen LogP contribution is 2.20. The summed E-state index contributed by atoms with van der Waals surface area (Å²) in [5.74, 6) is 0.940. The number of aromatic nitrogens is 2. The number of H-pyrrole nitrogens is 1. The molecule has 2 heterocycles. The van der Waals surface area contributed by atoms with Crippen LogP contribution >= 0.6 is 0 Å². The molecule has 0 aliphatic carbocycles. The molecule has 1 fully saturated rings. The van der Waals surface area contributed by atoms with Gasteiger partial charge in [0, 0.05) is 13.2 Å². The molecule has 7 heteroatoms. The number of carbonyl (C=O) groups is 1. The zero-order valence-electron chi connectivity index (χ0n) is 16.4. The third kappa shape index (κ3) is 4.85. The number of benzene rings is 2. The maximum absolute atomic E-state index is 11.9. The van der Waals surface area contributed by atoms with E-state index in [9.17, 15) is 10.1 Å². The van der Waals surface area contributed by atoms with Gasteiger partial charge in [0.25, 0.3) is 5.91 Å². The third-order valence-corrected chi connectivity index (χ3v) is 4.88. The Morgan fingerprint density at radius 1 is 1.30 bits per heavy atom. The van der Waals surface area contributed by atoms with Crippen LogP contribution in [0.1, 0.15) is 24.2 Å². The molecule has 0 saturated carbocycles. The predicted molar refractivity (Wildman–Crippen MR) is 113 cm³/mol. The SMILES string of the molecule is N#C/C(=C\c1ccc(OCC(=O)NC[C@@H]2CCCO2)cc1)c1nc2ccccc2[nH]1. The van der Waals surface area contributed by atoms with E-state index in [-0.39, 0.29) is 18.6 Å². The lowest BCUT2D eigenvalue weighted by Gasteiger charge is -2.11. The van der Waals surface area contributed by atoms with Crippen LogP contribution in [-0.2, 0) is 9.53 Å². The number of hydrogen-bond donors (Lipinski definition) is 2. The first-order valence-corrected chi connectivity index (χ1v) is 9.89. The summed E-state index contributed by atoms with van der Waals surface area (Å²) < 4.78 is 11.0. The van der Waals surface area contributed by atoms with Gasteiger partial charge < -0.3 is 19.8 Å². The van der Waals surface area contributed by atoms with Crippen LogP contribution < -0.4 is 10.1 Å². The fourth-order valence-electron chi connectivity index (χ4n) is 3.29. The second-order valence-corrected chi connectivity index (χ2v) is 7.07. The third-order valence-electron chi connectivity index (χ3n) is 4.88. The summed E-state index contributed by atoms with van der Waals surface area (Å²) in [7, 11) is 0. The molecule has 0 unspecified atom stereocenters. The van der Waals surface area contributed by atoms with Crippen LogP contribution in [0.4, 0.5) is 0 Å². The minimum absolute atomic E-state index is 0.0513. The molecule has 1 atom stereocenters. The van der Waals surface area contributed by atoms with Gasteiger partial charge in [0.2, 0.25) is 0 Å². The first kappa shape index (κ1) is 19.7. The maximum atomic E-state index is 11.9. The van der Waals surface area contributed by atoms with Crippen LogP contribution in [0, 0.1) is 11.3 Å². The van der Waals surface area contributed by atoms with E-state index < -0.39 is 0 Å². The summed E-state index contributed by atoms with van der Waals surface area (Å²) in [6.07, 6.45) is 3.90. The Labute approximate surface area is 174 Å². The average molecular weight is 402 g/mol. The molecule has 1 aromatic heterocycles. The highest BCUT2D eigenvalue weighted by molar-refractivity contribution is 5.90. The van der Waals surface area contributed by atoms with E-state index >= 15 is 0 Å². The van der Waals surface area contributed by atoms with Gasteiger partial charge in [-0.05, 0) is 48.7 Å². The summed E-state index contributed by atoms with van der Waals surface area (Å²) in [6, 6.07) is 17.0. The molecule has 4 rings (SSSR count). The van der Waals surface area contributed by atoms with Gasteiger partial charge in [-0.15, -0.1) is 0 Å². The Kier molecular flexibility index (Phi) is 6.06. The zero-order valence-corrected chi connectivity index (χ0v) is 16.4. The van der Waals surface area contributed by atoms with E-state index in [4.69, 9.17) is 9.47 Å². The van der Waals surface area contributed by atoms with E-state index in [0.29, 0.717) is 23.7 Å². The van der Waals surface area contributed by atoms with Crippen LogP contribution in [-0.4, -0.2) is 41.7 Å². The second-order valence-electron chi connectivity index (χ2n) is 7.07. The summed E-state index contributed by atoms with van der Waals surface area (Å²) in [5, 5.41) is 12.4. The van der Waals surface area contributed by atoms with E-state index in [2.05, 4.69) is 21.4 Å². The molecule has 2 aromatic carbocycles. The number of rotatable bonds is 7. The summed E-state index contributed by atoms with van der Waals surface area (Å²) in [5.41, 5.74) is 2.97. The molecule has 3 aromatic rings. The number of amides is 1. The number of fused-ring (bicyclic) bond motifs is 1. The zero-order chi connectivity index (χ0) is 20.8. The van der Waals surface area contributed by atoms with Crippen molar-refractivity contribution in [3.63, 3.8) is 0 Å². The number of nitrogens with zero attached hydrogens (tertiary/aromatic N) is 2. The number of imidazole rings is 1. The fourth-order valence-corrected chi connectivity index (χ4v) is 3.29. The Bertz CT molecular complexity index is 1060. The van der Waals surface area contributed by atoms with Crippen molar-refractivity contribution in [2.24, 2.45) is 0 Å². The number of ether oxygens (including phenoxy) is 2. The van der Waals surface area contributed by atoms with Crippen LogP contribution in [0.2, 0.25) is 0 Å². The second kappa shape index (κ2) is 9.25. The summed E-state index contributed by atoms with van der Waals surface area (Å²) >= 11 is 0. The number of nitriles is 1. The lowest BCUT2D eigenvalue weighted by atomic mass is 10.1. The molecule has 1 saturated heterocycles. The van der Waals surface area contributed by atoms with E-state index in [0.717, 1.165) is 36.0 Å². The molecule has 1 amide bonds. The van der Waals surface area contributed by atoms with Crippen LogP contribution in [0.15, 0.2) is 48.5 Å². The maximum Gasteiger partial charge on any atom is 0.258 e. The van der Waals surface area contributed by atoms with Crippen LogP contribution in [0.3, 0.4) is 0 Å². The summed E-state index contributed by atoms with van der Waals surface area (Å²) in [4.78, 5) is 19.5. The highest BCUT2D eigenvalue weighted by atomic mass is 16.5. The lowest BCUT2D eigenvalue weighted by molar-refractivity contribution is -0.123. The van der Waals surface area contributed by atoms with Gasteiger partial charge in [0.1, 0.15) is 17.6 Å². The van der Waals surface area contributed by atoms with E-state index in [1.54, 1.807) is 18.2 Å². The van der Waals surface area contributed by atoms with Crippen molar-refractivity contribution in [1.29, 1.82) is 5.26 Å². The molecule has 2 N–H and O–H groups in total. The average Bonchev–Trinajstić information content (AvgIpc) is 3.45. The topological polar surface area (TPSA) is 100 Å². The molecule has 7 nitrogen and oxygen atoms in total. The van der Waals surface area contributed by atoms with E-state index in [1.807, 2.05) is 36.4 Å². The van der Waals surface area contributed by atoms with Gasteiger partial charge >= 0.3 is 0 Å². The fraction of sp³-hybridized carbons (Fsp3) is 0.261. The standard InChI is InChI=1S/C23H22N4O3/c24-13-17(23-26-20-5-1-2-6-21(20)27-23)12-16-7-9-18(10-8-16)30-15-22(28)25-14-19-4-3-11-29-19/h1-2,5-10,12,19H,3-4,11,14-15H2,(H,25,28)(H,26,27)/b17-12+/t19-/m0/s1. The van der Waals surface area contributed by atoms with Gasteiger partial charge in [0.05, 0.1) is 22.7 Å². The molecule has 1 aliphatic rings. The van der Waals surface area contributed by atoms with Crippen molar-refractivity contribution >= 4 is 28.6 Å². The molecule has 0 spiro atoms. The summed E-state index contributed by atoms with van der Waals surface area (Å²) in [6.45, 7) is 1.23. The van der Waals surface area contributed by atoms with Gasteiger partial charge in [-0.25, -0.2) is 4.98 Å². The Morgan fingerprint density at radius 2 is 2.13 bits per heavy atom. The number of carbonyl (C=O) groups excluding carboxylic acids is 1. The first-order chi connectivity index (χ1) is 14.7. The number of para-hydroxylation sites is 2. The van der Waals surface area contributed by atoms with Crippen LogP contribution in [0.5, 0.6) is 5.75 Å². The van der Waals surface area contributed by atoms with Crippen molar-refractivity contribution in [3.8, 4) is 11.8 Å². The largest absolute Gasteiger partial charge is 0.484 e. The molecule has 30 heavy (non-hydrogen) atoms. The number of allylic oxidation sites excluding steroid dienone is 1. The number of hydrogen-bond acceptors (Lipinski definition) is 5. The number of aromatic amines is 1. The van der Waals surface area contributed by atoms with Crippen LogP contribution in [0.25, 0.3) is 22.7 Å². The monoisotopic (exact) mass is 402 g/mol. The Hall–Kier alpha value is -3.63. The molecule has 0 bridgehead atoms. The predicted octanol–water partition coefficient (Wildman–Crippen LogP) is 3.30. The minimum atomic E-state index is -0.175. The van der Waals surface area contributed by atoms with Gasteiger partial charge in [0.15, 0.2) is 6.61 Å². The molecular formula is C23H22N4O3. The molecule has 0 radical (unpaired) electrons. The Morgan fingerprint density at radius 3 is 2.87 bits per heavy atom. The van der Waals surface area contributed by atoms with E-state index in [1.165, 1.54) is 0 Å². The van der Waals surface area contributed by atoms with Crippen molar-refractivity contribution < 1.29 is 14.3 Å². The molecule has 152 valence electrons. The smallest absolute Gasteiger partial charge is 0.258 e. The van der Waals surface area contributed by atoms with Crippen molar-refractivity contribution in [1.82, 2.24) is 15.3 Å². The lowest BCUT2D eigenvalue weighted by Crippen LogP contribution is -2.35. The quantitative estimate of drug-likeness (QED) is 0.591. The van der Waals surface area contributed by atoms with Gasteiger partial charge in [-0.1, -0.05) is 24.3 Å². The number of nitrogens with one attached hydrogen (secondary N) is 2. The minimum Gasteiger partial charge on any atom is -0.484 e. The first-order valence-electron chi connectivity index (χ1n) is 9.89. The van der Waals surface area contributed by atoms with Crippen molar-refractivity contribution in [3.05, 3.63) is 59.9 Å².